The molecule has 0 saturated heterocycles. The van der Waals surface area contributed by atoms with Crippen molar-refractivity contribution in [1.82, 2.24) is 0 Å². The molecule has 1 saturated carbocycles. The predicted octanol–water partition coefficient (Wildman–Crippen LogP) is 5.86. The lowest BCUT2D eigenvalue weighted by molar-refractivity contribution is 0.312. The summed E-state index contributed by atoms with van der Waals surface area (Å²) in [6, 6.07) is 8.69. The van der Waals surface area contributed by atoms with Crippen LogP contribution in [0.2, 0.25) is 0 Å². The topological polar surface area (TPSA) is 0 Å². The lowest BCUT2D eigenvalue weighted by Crippen LogP contribution is -2.13. The molecular weight excluding hydrogens is 216 g/mol. The first-order valence-electron chi connectivity index (χ1n) is 6.92. The quantitative estimate of drug-likeness (QED) is 0.611. The third-order valence-corrected chi connectivity index (χ3v) is 4.16. The predicted molar refractivity (Wildman–Crippen MR) is 82.7 cm³/mol. The second kappa shape index (κ2) is 6.78. The molecule has 0 aromatic heterocycles. The maximum atomic E-state index is 2.42. The van der Waals surface area contributed by atoms with Crippen LogP contribution in [-0.4, -0.2) is 0 Å². The minimum absolute atomic E-state index is 0. The number of benzene rings is 1. The summed E-state index contributed by atoms with van der Waals surface area (Å²) in [5.41, 5.74) is 4.45. The minimum Gasteiger partial charge on any atom is -0.0776 e. The van der Waals surface area contributed by atoms with Crippen LogP contribution in [0.5, 0.6) is 0 Å². The fraction of sp³-hybridized carbons (Fsp3) is 0.556. The molecule has 0 aliphatic heterocycles. The molecule has 2 rings (SSSR count). The number of rotatable bonds is 2. The van der Waals surface area contributed by atoms with Gasteiger partial charge in [0.1, 0.15) is 0 Å². The molecular formula is C18H28. The SMILES string of the molecule is C.Cc1ccccc1C=C1CCC(C(C)C)CC1. The van der Waals surface area contributed by atoms with Gasteiger partial charge in [-0.15, -0.1) is 0 Å². The molecule has 1 aromatic rings. The van der Waals surface area contributed by atoms with Gasteiger partial charge in [0.25, 0.3) is 0 Å². The molecule has 0 heteroatoms. The highest BCUT2D eigenvalue weighted by Crippen LogP contribution is 2.33. The summed E-state index contributed by atoms with van der Waals surface area (Å²) in [5.74, 6) is 1.80. The molecule has 1 aromatic carbocycles. The van der Waals surface area contributed by atoms with Crippen LogP contribution in [0, 0.1) is 18.8 Å². The van der Waals surface area contributed by atoms with E-state index >= 15 is 0 Å². The lowest BCUT2D eigenvalue weighted by Gasteiger charge is -2.27. The van der Waals surface area contributed by atoms with E-state index in [9.17, 15) is 0 Å². The Balaban J connectivity index is 0.00000162. The Morgan fingerprint density at radius 2 is 1.72 bits per heavy atom. The average molecular weight is 244 g/mol. The molecule has 18 heavy (non-hydrogen) atoms. The molecule has 0 bridgehead atoms. The van der Waals surface area contributed by atoms with Gasteiger partial charge in [-0.2, -0.15) is 0 Å². The van der Waals surface area contributed by atoms with E-state index in [0.29, 0.717) is 0 Å². The first-order chi connectivity index (χ1) is 8.16. The van der Waals surface area contributed by atoms with E-state index in [1.165, 1.54) is 36.8 Å². The molecule has 0 nitrogen and oxygen atoms in total. The molecule has 1 aliphatic rings. The zero-order valence-electron chi connectivity index (χ0n) is 11.4. The molecule has 1 aliphatic carbocycles. The Bertz CT molecular complexity index is 388. The number of allylic oxidation sites excluding steroid dienone is 1. The third-order valence-electron chi connectivity index (χ3n) is 4.16. The van der Waals surface area contributed by atoms with E-state index in [1.54, 1.807) is 5.57 Å². The van der Waals surface area contributed by atoms with E-state index in [1.807, 2.05) is 0 Å². The van der Waals surface area contributed by atoms with Gasteiger partial charge in [0, 0.05) is 0 Å². The summed E-state index contributed by atoms with van der Waals surface area (Å²) in [5, 5.41) is 0. The van der Waals surface area contributed by atoms with Crippen molar-refractivity contribution in [3.63, 3.8) is 0 Å². The first-order valence-corrected chi connectivity index (χ1v) is 6.92. The van der Waals surface area contributed by atoms with Crippen LogP contribution < -0.4 is 0 Å². The van der Waals surface area contributed by atoms with Crippen LogP contribution in [0.25, 0.3) is 6.08 Å². The highest BCUT2D eigenvalue weighted by Gasteiger charge is 2.19. The summed E-state index contributed by atoms with van der Waals surface area (Å²) >= 11 is 0. The Labute approximate surface area is 113 Å². The van der Waals surface area contributed by atoms with Crippen molar-refractivity contribution in [2.45, 2.75) is 53.9 Å². The largest absolute Gasteiger partial charge is 0.0776 e. The fourth-order valence-electron chi connectivity index (χ4n) is 2.79. The van der Waals surface area contributed by atoms with Crippen molar-refractivity contribution in [3.8, 4) is 0 Å². The van der Waals surface area contributed by atoms with Gasteiger partial charge >= 0.3 is 0 Å². The summed E-state index contributed by atoms with van der Waals surface area (Å²) in [7, 11) is 0. The van der Waals surface area contributed by atoms with Crippen molar-refractivity contribution in [3.05, 3.63) is 41.0 Å². The van der Waals surface area contributed by atoms with Crippen LogP contribution in [0.15, 0.2) is 29.8 Å². The zero-order chi connectivity index (χ0) is 12.3. The molecule has 0 atom stereocenters. The van der Waals surface area contributed by atoms with Gasteiger partial charge in [-0.3, -0.25) is 0 Å². The van der Waals surface area contributed by atoms with E-state index in [2.05, 4.69) is 51.1 Å². The molecule has 0 radical (unpaired) electrons. The highest BCUT2D eigenvalue weighted by atomic mass is 14.2. The molecule has 0 N–H and O–H groups in total. The monoisotopic (exact) mass is 244 g/mol. The van der Waals surface area contributed by atoms with E-state index in [4.69, 9.17) is 0 Å². The number of hydrogen-bond acceptors (Lipinski definition) is 0. The second-order valence-corrected chi connectivity index (χ2v) is 5.74. The maximum Gasteiger partial charge on any atom is -0.0228 e. The van der Waals surface area contributed by atoms with Crippen LogP contribution in [0.3, 0.4) is 0 Å². The van der Waals surface area contributed by atoms with Crippen LogP contribution in [-0.2, 0) is 0 Å². The standard InChI is InChI=1S/C17H24.CH4/c1-13(2)16-10-8-15(9-11-16)12-17-7-5-4-6-14(17)3;/h4-7,12-13,16H,8-11H2,1-3H3;1H4. The fourth-order valence-corrected chi connectivity index (χ4v) is 2.79. The molecule has 0 amide bonds. The summed E-state index contributed by atoms with van der Waals surface area (Å²) in [6.45, 7) is 6.92. The lowest BCUT2D eigenvalue weighted by atomic mass is 9.79. The van der Waals surface area contributed by atoms with Crippen molar-refractivity contribution < 1.29 is 0 Å². The van der Waals surface area contributed by atoms with Gasteiger partial charge in [-0.25, -0.2) is 0 Å². The second-order valence-electron chi connectivity index (χ2n) is 5.74. The van der Waals surface area contributed by atoms with Crippen LogP contribution >= 0.6 is 0 Å². The van der Waals surface area contributed by atoms with Gasteiger partial charge in [0.05, 0.1) is 0 Å². The van der Waals surface area contributed by atoms with Gasteiger partial charge in [-0.1, -0.05) is 57.2 Å². The minimum atomic E-state index is 0. The Morgan fingerprint density at radius 1 is 1.11 bits per heavy atom. The summed E-state index contributed by atoms with van der Waals surface area (Å²) in [4.78, 5) is 0. The van der Waals surface area contributed by atoms with Crippen molar-refractivity contribution in [2.75, 3.05) is 0 Å². The Morgan fingerprint density at radius 3 is 2.28 bits per heavy atom. The first kappa shape index (κ1) is 15.0. The smallest absolute Gasteiger partial charge is 0.0228 e. The number of aryl methyl sites for hydroxylation is 1. The van der Waals surface area contributed by atoms with Crippen molar-refractivity contribution in [2.24, 2.45) is 11.8 Å². The maximum absolute atomic E-state index is 2.42. The average Bonchev–Trinajstić information content (AvgIpc) is 2.33. The number of hydrogen-bond donors (Lipinski definition) is 0. The van der Waals surface area contributed by atoms with Crippen LogP contribution in [0.1, 0.15) is 58.1 Å². The molecule has 0 heterocycles. The normalized spacial score (nSPS) is 19.6. The highest BCUT2D eigenvalue weighted by molar-refractivity contribution is 5.56. The molecule has 1 fully saturated rings. The van der Waals surface area contributed by atoms with E-state index in [0.717, 1.165) is 11.8 Å². The Hall–Kier alpha value is -1.04. The van der Waals surface area contributed by atoms with E-state index in [-0.39, 0.29) is 7.43 Å². The van der Waals surface area contributed by atoms with Gasteiger partial charge in [-0.05, 0) is 55.6 Å². The van der Waals surface area contributed by atoms with Gasteiger partial charge in [0.2, 0.25) is 0 Å². The summed E-state index contributed by atoms with van der Waals surface area (Å²) < 4.78 is 0. The van der Waals surface area contributed by atoms with Gasteiger partial charge in [0.15, 0.2) is 0 Å². The van der Waals surface area contributed by atoms with Crippen LogP contribution in [0.4, 0.5) is 0 Å². The molecule has 0 spiro atoms. The molecule has 100 valence electrons. The van der Waals surface area contributed by atoms with Crippen molar-refractivity contribution >= 4 is 6.08 Å². The zero-order valence-corrected chi connectivity index (χ0v) is 11.4. The van der Waals surface area contributed by atoms with Gasteiger partial charge < -0.3 is 0 Å². The third kappa shape index (κ3) is 3.73. The van der Waals surface area contributed by atoms with E-state index < -0.39 is 0 Å². The van der Waals surface area contributed by atoms with Crippen molar-refractivity contribution in [1.29, 1.82) is 0 Å². The summed E-state index contributed by atoms with van der Waals surface area (Å²) in [6.07, 6.45) is 7.80. The Kier molecular flexibility index (Phi) is 5.65. The molecule has 0 unspecified atom stereocenters.